The van der Waals surface area contributed by atoms with Crippen molar-refractivity contribution in [2.24, 2.45) is 0 Å². The molecule has 0 atom stereocenters. The summed E-state index contributed by atoms with van der Waals surface area (Å²) in [5.74, 6) is 0. The Labute approximate surface area is 293 Å². The molecule has 0 aromatic rings. The largest absolute Gasteiger partial charge is 0.697 e. The van der Waals surface area contributed by atoms with E-state index in [0.29, 0.717) is 13.2 Å². The van der Waals surface area contributed by atoms with E-state index in [1.54, 1.807) is 0 Å². The summed E-state index contributed by atoms with van der Waals surface area (Å²) in [5.41, 5.74) is 0. The Bertz CT molecular complexity index is 438. The van der Waals surface area contributed by atoms with Gasteiger partial charge in [-0.1, -0.05) is 206 Å². The minimum absolute atomic E-state index is 0. The average Bonchev–Trinajstić information content (AvgIpc) is 2.96. The van der Waals surface area contributed by atoms with Gasteiger partial charge in [0, 0.05) is 45.4 Å². The molecule has 0 aliphatic rings. The molecule has 0 spiro atoms. The second-order valence-corrected chi connectivity index (χ2v) is 13.5. The predicted molar refractivity (Wildman–Crippen MR) is 179 cm³/mol. The van der Waals surface area contributed by atoms with Crippen molar-refractivity contribution in [1.82, 2.24) is 0 Å². The molecule has 41 heavy (non-hydrogen) atoms. The van der Waals surface area contributed by atoms with Crippen LogP contribution in [0.15, 0.2) is 0 Å². The van der Waals surface area contributed by atoms with E-state index in [9.17, 15) is 4.57 Å². The van der Waals surface area contributed by atoms with Crippen LogP contribution in [0, 0.1) is 40.8 Å². The Hall–Kier alpha value is 1.37. The van der Waals surface area contributed by atoms with Crippen LogP contribution in [0.2, 0.25) is 0 Å². The van der Waals surface area contributed by atoms with Gasteiger partial charge in [0.1, 0.15) is 13.2 Å². The van der Waals surface area contributed by atoms with Crippen molar-refractivity contribution in [2.75, 3.05) is 13.2 Å². The Kier molecular flexibility index (Phi) is 44.9. The summed E-state index contributed by atoms with van der Waals surface area (Å²) in [5, 5.41) is 0. The Morgan fingerprint density at radius 2 is 0.488 bits per heavy atom. The van der Waals surface area contributed by atoms with Crippen molar-refractivity contribution in [3.63, 3.8) is 0 Å². The van der Waals surface area contributed by atoms with Crippen LogP contribution >= 0.6 is 8.25 Å². The molecule has 0 amide bonds. The molecule has 0 radical (unpaired) electrons. The molecule has 0 aromatic carbocycles. The van der Waals surface area contributed by atoms with Crippen LogP contribution in [0.3, 0.4) is 0 Å². The third-order valence-electron chi connectivity index (χ3n) is 8.39. The summed E-state index contributed by atoms with van der Waals surface area (Å²) in [6, 6.07) is 0. The first-order chi connectivity index (χ1) is 19.8. The van der Waals surface area contributed by atoms with Crippen molar-refractivity contribution in [3.8, 4) is 0 Å². The van der Waals surface area contributed by atoms with E-state index in [1.165, 1.54) is 193 Å². The molecule has 244 valence electrons. The molecule has 0 heterocycles. The number of hydrogen-bond donors (Lipinski definition) is 0. The summed E-state index contributed by atoms with van der Waals surface area (Å²) >= 11 is 0. The van der Waals surface area contributed by atoms with Crippen LogP contribution in [0.4, 0.5) is 0 Å². The summed E-state index contributed by atoms with van der Waals surface area (Å²) in [6.07, 6.45) is 43.6. The van der Waals surface area contributed by atoms with E-state index in [2.05, 4.69) is 13.8 Å². The maximum absolute atomic E-state index is 11.9. The van der Waals surface area contributed by atoms with Crippen LogP contribution < -0.4 is 0 Å². The monoisotopic (exact) mass is 727 g/mol. The van der Waals surface area contributed by atoms with Gasteiger partial charge in [-0.3, -0.25) is 0 Å². The van der Waals surface area contributed by atoms with Gasteiger partial charge in [0.15, 0.2) is 0 Å². The zero-order valence-corrected chi connectivity index (χ0v) is 32.3. The third-order valence-corrected chi connectivity index (χ3v) is 9.18. The first kappa shape index (κ1) is 44.5. The van der Waals surface area contributed by atoms with Crippen LogP contribution in [-0.2, 0) is 13.6 Å². The molecule has 0 fully saturated rings. The van der Waals surface area contributed by atoms with E-state index in [0.717, 1.165) is 12.8 Å². The maximum atomic E-state index is 11.9. The summed E-state index contributed by atoms with van der Waals surface area (Å²) in [7, 11) is -1.92. The van der Waals surface area contributed by atoms with Gasteiger partial charge in [-0.05, 0) is 12.8 Å². The molecule has 0 saturated heterocycles. The van der Waals surface area contributed by atoms with Gasteiger partial charge in [-0.2, -0.15) is 0 Å². The van der Waals surface area contributed by atoms with Crippen LogP contribution in [0.5, 0.6) is 0 Å². The molecule has 3 nitrogen and oxygen atoms in total. The second-order valence-electron chi connectivity index (χ2n) is 12.5. The van der Waals surface area contributed by atoms with E-state index in [-0.39, 0.29) is 40.8 Å². The molecular weight excluding hydrogens is 656 g/mol. The van der Waals surface area contributed by atoms with Crippen LogP contribution in [0.25, 0.3) is 0 Å². The van der Waals surface area contributed by atoms with Crippen molar-refractivity contribution < 1.29 is 54.5 Å². The van der Waals surface area contributed by atoms with E-state index >= 15 is 0 Å². The second kappa shape index (κ2) is 41.4. The van der Waals surface area contributed by atoms with Gasteiger partial charge in [0.05, 0.1) is 0 Å². The van der Waals surface area contributed by atoms with Crippen LogP contribution in [-0.4, -0.2) is 13.2 Å². The summed E-state index contributed by atoms with van der Waals surface area (Å²) < 4.78 is 22.6. The average molecular weight is 730 g/mol. The fraction of sp³-hybridized carbons (Fsp3) is 1.00. The number of rotatable bonds is 36. The van der Waals surface area contributed by atoms with Crippen molar-refractivity contribution in [3.05, 3.63) is 0 Å². The minimum Gasteiger partial charge on any atom is -0.119 e. The van der Waals surface area contributed by atoms with Gasteiger partial charge in [-0.25, -0.2) is 0 Å². The third kappa shape index (κ3) is 41.4. The molecule has 0 bridgehead atoms. The van der Waals surface area contributed by atoms with Gasteiger partial charge in [0.25, 0.3) is 0 Å². The summed E-state index contributed by atoms with van der Waals surface area (Å²) in [6.45, 7) is 5.73. The van der Waals surface area contributed by atoms with Gasteiger partial charge in [0.2, 0.25) is 0 Å². The molecule has 0 aliphatic heterocycles. The number of hydrogen-bond acceptors (Lipinski definition) is 3. The Morgan fingerprint density at radius 3 is 0.683 bits per heavy atom. The smallest absolute Gasteiger partial charge is 0.119 e. The van der Waals surface area contributed by atoms with E-state index in [1.807, 2.05) is 0 Å². The zero-order chi connectivity index (χ0) is 29.0. The molecule has 5 heteroatoms. The van der Waals surface area contributed by atoms with Crippen LogP contribution in [0.1, 0.15) is 219 Å². The molecule has 0 aromatic heterocycles. The molecule has 0 aliphatic carbocycles. The molecule has 0 N–H and O–H groups in total. The van der Waals surface area contributed by atoms with Gasteiger partial charge in [-0.15, -0.1) is 9.05 Å². The maximum Gasteiger partial charge on any atom is 0.697 e. The topological polar surface area (TPSA) is 35.5 Å². The molecule has 0 saturated carbocycles. The van der Waals surface area contributed by atoms with Gasteiger partial charge >= 0.3 is 8.25 Å². The number of unbranched alkanes of at least 4 members (excludes halogenated alkanes) is 30. The van der Waals surface area contributed by atoms with Crippen molar-refractivity contribution in [1.29, 1.82) is 0 Å². The quantitative estimate of drug-likeness (QED) is 0.0476. The molecule has 0 unspecified atom stereocenters. The summed E-state index contributed by atoms with van der Waals surface area (Å²) in [4.78, 5) is 0. The molecule has 0 rings (SSSR count). The Balaban J connectivity index is 0. The fourth-order valence-corrected chi connectivity index (χ4v) is 6.25. The predicted octanol–water partition coefficient (Wildman–Crippen LogP) is 14.2. The fourth-order valence-electron chi connectivity index (χ4n) is 5.62. The normalized spacial score (nSPS) is 11.2. The van der Waals surface area contributed by atoms with Crippen molar-refractivity contribution >= 4 is 8.25 Å². The standard InChI is InChI=1S/C36H74O3P.Nd/c1-3-5-7-9-11-13-15-17-19-21-23-25-27-29-31-33-35-38-40(37)39-36-34-32-30-28-26-24-22-20-18-16-14-12-10-8-6-4-2;/h3-36H2,1-2H3;/q+1;. The van der Waals surface area contributed by atoms with E-state index in [4.69, 9.17) is 9.05 Å². The first-order valence-corrected chi connectivity index (χ1v) is 19.6. The molecular formula is C36H74NdO3P+. The Morgan fingerprint density at radius 1 is 0.317 bits per heavy atom. The van der Waals surface area contributed by atoms with E-state index < -0.39 is 8.25 Å². The SMILES string of the molecule is CCCCCCCCCCCCCCCCCCO[P+](=O)OCCCCCCCCCCCCCCCCCC.[Nd]. The van der Waals surface area contributed by atoms with Crippen molar-refractivity contribution in [2.45, 2.75) is 219 Å². The zero-order valence-electron chi connectivity index (χ0n) is 28.2. The minimum atomic E-state index is -1.92. The van der Waals surface area contributed by atoms with Gasteiger partial charge < -0.3 is 0 Å². The first-order valence-electron chi connectivity index (χ1n) is 18.5.